The van der Waals surface area contributed by atoms with Gasteiger partial charge in [-0.3, -0.25) is 4.90 Å². The number of urea groups is 2. The molecule has 4 rings (SSSR count). The molecule has 0 spiro atoms. The van der Waals surface area contributed by atoms with Crippen LogP contribution in [0.1, 0.15) is 0 Å². The lowest BCUT2D eigenvalue weighted by Crippen LogP contribution is -2.42. The zero-order valence-electron chi connectivity index (χ0n) is 19.7. The monoisotopic (exact) mass is 518 g/mol. The number of rotatable bonds is 8. The van der Waals surface area contributed by atoms with Gasteiger partial charge in [0.15, 0.2) is 0 Å². The van der Waals surface area contributed by atoms with Gasteiger partial charge in [0.25, 0.3) is 0 Å². The Balaban J connectivity index is 1.43. The topological polar surface area (TPSA) is 82.7 Å². The lowest BCUT2D eigenvalue weighted by Gasteiger charge is -2.24. The number of para-hydroxylation sites is 2. The lowest BCUT2D eigenvalue weighted by atomic mass is 10.2. The van der Waals surface area contributed by atoms with Gasteiger partial charge in [-0.2, -0.15) is 0 Å². The minimum atomic E-state index is -0.588. The Labute approximate surface area is 218 Å². The lowest BCUT2D eigenvalue weighted by molar-refractivity contribution is 0.250. The number of nitrogens with zero attached hydrogens (tertiary/aromatic N) is 1. The van der Waals surface area contributed by atoms with Gasteiger partial charge >= 0.3 is 12.1 Å². The third-order valence-corrected chi connectivity index (χ3v) is 5.46. The van der Waals surface area contributed by atoms with Gasteiger partial charge < -0.3 is 20.7 Å². The van der Waals surface area contributed by atoms with Crippen molar-refractivity contribution in [2.24, 2.45) is 0 Å². The first-order valence-corrected chi connectivity index (χ1v) is 11.8. The summed E-state index contributed by atoms with van der Waals surface area (Å²) in [5.41, 5.74) is 1.21. The van der Waals surface area contributed by atoms with Crippen molar-refractivity contribution in [3.63, 3.8) is 0 Å². The van der Waals surface area contributed by atoms with E-state index in [9.17, 15) is 14.0 Å². The Morgan fingerprint density at radius 1 is 0.784 bits per heavy atom. The molecule has 4 aromatic rings. The van der Waals surface area contributed by atoms with E-state index in [1.54, 1.807) is 54.6 Å². The molecule has 0 saturated heterocycles. The summed E-state index contributed by atoms with van der Waals surface area (Å²) >= 11 is 5.94. The molecule has 0 bridgehead atoms. The maximum atomic E-state index is 13.8. The van der Waals surface area contributed by atoms with E-state index in [0.717, 1.165) is 0 Å². The first kappa shape index (κ1) is 25.5. The van der Waals surface area contributed by atoms with Gasteiger partial charge in [-0.15, -0.1) is 0 Å². The molecule has 9 heteroatoms. The van der Waals surface area contributed by atoms with Gasteiger partial charge in [-0.25, -0.2) is 14.0 Å². The molecule has 4 amide bonds. The van der Waals surface area contributed by atoms with Crippen LogP contribution in [-0.4, -0.2) is 25.2 Å². The molecule has 0 aliphatic carbocycles. The van der Waals surface area contributed by atoms with E-state index in [-0.39, 0.29) is 18.8 Å². The Morgan fingerprint density at radius 2 is 1.43 bits per heavy atom. The molecule has 3 N–H and O–H groups in total. The first-order valence-electron chi connectivity index (χ1n) is 11.4. The fourth-order valence-corrected chi connectivity index (χ4v) is 3.53. The van der Waals surface area contributed by atoms with E-state index < -0.39 is 17.9 Å². The summed E-state index contributed by atoms with van der Waals surface area (Å²) in [4.78, 5) is 26.9. The highest BCUT2D eigenvalue weighted by atomic mass is 35.5. The van der Waals surface area contributed by atoms with Crippen LogP contribution >= 0.6 is 11.6 Å². The number of hydrogen-bond donors (Lipinski definition) is 3. The van der Waals surface area contributed by atoms with Crippen molar-refractivity contribution in [2.75, 3.05) is 28.6 Å². The summed E-state index contributed by atoms with van der Waals surface area (Å²) in [7, 11) is 0. The molecular formula is C28H24ClFN4O3. The van der Waals surface area contributed by atoms with E-state index in [1.165, 1.54) is 23.1 Å². The molecule has 0 aliphatic heterocycles. The van der Waals surface area contributed by atoms with Crippen molar-refractivity contribution in [1.82, 2.24) is 5.32 Å². The van der Waals surface area contributed by atoms with Crippen LogP contribution < -0.4 is 25.6 Å². The number of carbonyl (C=O) groups excluding carboxylic acids is 2. The van der Waals surface area contributed by atoms with Gasteiger partial charge in [0.1, 0.15) is 17.3 Å². The first-order chi connectivity index (χ1) is 18.0. The number of carbonyl (C=O) groups is 2. The normalized spacial score (nSPS) is 10.3. The zero-order valence-corrected chi connectivity index (χ0v) is 20.4. The summed E-state index contributed by atoms with van der Waals surface area (Å²) in [6, 6.07) is 27.9. The van der Waals surface area contributed by atoms with Gasteiger partial charge in [0, 0.05) is 29.5 Å². The molecule has 37 heavy (non-hydrogen) atoms. The Kier molecular flexibility index (Phi) is 8.57. The van der Waals surface area contributed by atoms with Crippen LogP contribution in [-0.2, 0) is 0 Å². The van der Waals surface area contributed by atoms with Crippen molar-refractivity contribution < 1.29 is 18.7 Å². The SMILES string of the molecule is O=C(NCCN(C(=O)Nc1ccc(Cl)cc1)c1ccc(Oc2ccccc2)cc1)Nc1ccccc1F. The number of benzene rings is 4. The average molecular weight is 519 g/mol. The van der Waals surface area contributed by atoms with E-state index in [0.29, 0.717) is 27.9 Å². The second kappa shape index (κ2) is 12.4. The molecule has 4 aromatic carbocycles. The number of ether oxygens (including phenoxy) is 1. The molecule has 0 radical (unpaired) electrons. The van der Waals surface area contributed by atoms with Gasteiger partial charge in [0.2, 0.25) is 0 Å². The van der Waals surface area contributed by atoms with Crippen molar-refractivity contribution in [3.05, 3.63) is 114 Å². The van der Waals surface area contributed by atoms with Crippen molar-refractivity contribution >= 4 is 40.7 Å². The van der Waals surface area contributed by atoms with Crippen LogP contribution in [0.25, 0.3) is 0 Å². The molecule has 0 aliphatic rings. The number of nitrogens with one attached hydrogen (secondary N) is 3. The molecule has 0 saturated carbocycles. The predicted molar refractivity (Wildman–Crippen MR) is 144 cm³/mol. The maximum Gasteiger partial charge on any atom is 0.326 e. The molecule has 0 atom stereocenters. The fourth-order valence-electron chi connectivity index (χ4n) is 3.40. The molecule has 0 unspecified atom stereocenters. The number of halogens is 2. The van der Waals surface area contributed by atoms with Crippen LogP contribution in [0.3, 0.4) is 0 Å². The number of anilines is 3. The second-order valence-corrected chi connectivity index (χ2v) is 8.29. The van der Waals surface area contributed by atoms with E-state index in [4.69, 9.17) is 16.3 Å². The largest absolute Gasteiger partial charge is 0.457 e. The Bertz CT molecular complexity index is 1340. The number of amides is 4. The van der Waals surface area contributed by atoms with Crippen LogP contribution in [0.15, 0.2) is 103 Å². The number of hydrogen-bond acceptors (Lipinski definition) is 3. The van der Waals surface area contributed by atoms with Crippen LogP contribution in [0.2, 0.25) is 5.02 Å². The molecule has 0 heterocycles. The van der Waals surface area contributed by atoms with Crippen LogP contribution in [0.5, 0.6) is 11.5 Å². The highest BCUT2D eigenvalue weighted by Gasteiger charge is 2.17. The molecule has 7 nitrogen and oxygen atoms in total. The second-order valence-electron chi connectivity index (χ2n) is 7.86. The molecular weight excluding hydrogens is 495 g/mol. The maximum absolute atomic E-state index is 13.8. The van der Waals surface area contributed by atoms with Crippen LogP contribution in [0.4, 0.5) is 31.0 Å². The third kappa shape index (κ3) is 7.46. The average Bonchev–Trinajstić information content (AvgIpc) is 2.90. The van der Waals surface area contributed by atoms with Crippen LogP contribution in [0, 0.1) is 5.82 Å². The fraction of sp³-hybridized carbons (Fsp3) is 0.0714. The minimum absolute atomic E-state index is 0.0614. The van der Waals surface area contributed by atoms with Gasteiger partial charge in [-0.05, 0) is 72.8 Å². The van der Waals surface area contributed by atoms with Crippen molar-refractivity contribution in [3.8, 4) is 11.5 Å². The highest BCUT2D eigenvalue weighted by Crippen LogP contribution is 2.25. The molecule has 0 aromatic heterocycles. The van der Waals surface area contributed by atoms with Crippen molar-refractivity contribution in [1.29, 1.82) is 0 Å². The minimum Gasteiger partial charge on any atom is -0.457 e. The third-order valence-electron chi connectivity index (χ3n) is 5.21. The van der Waals surface area contributed by atoms with E-state index in [1.807, 2.05) is 30.3 Å². The smallest absolute Gasteiger partial charge is 0.326 e. The summed E-state index contributed by atoms with van der Waals surface area (Å²) in [5.74, 6) is 0.757. The summed E-state index contributed by atoms with van der Waals surface area (Å²) in [5, 5.41) is 8.48. The molecule has 0 fully saturated rings. The zero-order chi connectivity index (χ0) is 26.0. The predicted octanol–water partition coefficient (Wildman–Crippen LogP) is 7.13. The summed E-state index contributed by atoms with van der Waals surface area (Å²) in [6.45, 7) is 0.250. The van der Waals surface area contributed by atoms with Crippen molar-refractivity contribution in [2.45, 2.75) is 0 Å². The standard InChI is InChI=1S/C28H24ClFN4O3/c29-20-10-12-21(13-11-20)32-28(36)34(19-18-31-27(35)33-26-9-5-4-8-25(26)30)22-14-16-24(17-15-22)37-23-6-2-1-3-7-23/h1-17H,18-19H2,(H,32,36)(H2,31,33,35). The highest BCUT2D eigenvalue weighted by molar-refractivity contribution is 6.30. The summed E-state index contributed by atoms with van der Waals surface area (Å²) < 4.78 is 19.6. The Hall–Kier alpha value is -4.56. The van der Waals surface area contributed by atoms with Gasteiger partial charge in [0.05, 0.1) is 5.69 Å². The molecule has 188 valence electrons. The quantitative estimate of drug-likeness (QED) is 0.232. The van der Waals surface area contributed by atoms with E-state index in [2.05, 4.69) is 16.0 Å². The summed E-state index contributed by atoms with van der Waals surface area (Å²) in [6.07, 6.45) is 0. The van der Waals surface area contributed by atoms with Gasteiger partial charge in [-0.1, -0.05) is 41.9 Å². The van der Waals surface area contributed by atoms with E-state index >= 15 is 0 Å². The Morgan fingerprint density at radius 3 is 2.14 bits per heavy atom.